The van der Waals surface area contributed by atoms with Gasteiger partial charge in [0.05, 0.1) is 18.1 Å². The number of carbonyl (C=O) groups is 1. The van der Waals surface area contributed by atoms with Gasteiger partial charge in [-0.25, -0.2) is 14.4 Å². The number of nitrogens with zero attached hydrogens (tertiary/aromatic N) is 2. The Hall–Kier alpha value is -2.02. The van der Waals surface area contributed by atoms with Gasteiger partial charge in [0, 0.05) is 4.47 Å². The number of nitrogens with one attached hydrogen (secondary N) is 1. The molecule has 0 aliphatic rings. The molecule has 1 heterocycles. The van der Waals surface area contributed by atoms with Gasteiger partial charge in [-0.05, 0) is 34.1 Å². The SMILES string of the molecule is Nc1cnc(C(=O)Nc2cc(F)ccc2Br)cn1. The highest BCUT2D eigenvalue weighted by atomic mass is 79.9. The highest BCUT2D eigenvalue weighted by Gasteiger charge is 2.10. The Kier molecular flexibility index (Phi) is 3.52. The molecular formula is C11H8BrFN4O. The second-order valence-electron chi connectivity index (χ2n) is 3.40. The number of carbonyl (C=O) groups excluding carboxylic acids is 1. The van der Waals surface area contributed by atoms with Gasteiger partial charge < -0.3 is 11.1 Å². The Morgan fingerprint density at radius 3 is 2.78 bits per heavy atom. The molecule has 18 heavy (non-hydrogen) atoms. The van der Waals surface area contributed by atoms with Crippen LogP contribution in [0, 0.1) is 5.82 Å². The van der Waals surface area contributed by atoms with E-state index in [2.05, 4.69) is 31.2 Å². The number of nitrogen functional groups attached to an aromatic ring is 1. The zero-order valence-corrected chi connectivity index (χ0v) is 10.6. The van der Waals surface area contributed by atoms with Gasteiger partial charge in [-0.2, -0.15) is 0 Å². The molecule has 92 valence electrons. The summed E-state index contributed by atoms with van der Waals surface area (Å²) in [5.41, 5.74) is 5.78. The Balaban J connectivity index is 2.21. The van der Waals surface area contributed by atoms with Crippen molar-refractivity contribution in [2.75, 3.05) is 11.1 Å². The topological polar surface area (TPSA) is 80.9 Å². The van der Waals surface area contributed by atoms with E-state index in [0.29, 0.717) is 10.2 Å². The van der Waals surface area contributed by atoms with Crippen LogP contribution in [0.15, 0.2) is 35.1 Å². The van der Waals surface area contributed by atoms with Crippen molar-refractivity contribution in [3.05, 3.63) is 46.6 Å². The van der Waals surface area contributed by atoms with Crippen molar-refractivity contribution < 1.29 is 9.18 Å². The van der Waals surface area contributed by atoms with Gasteiger partial charge in [-0.3, -0.25) is 4.79 Å². The van der Waals surface area contributed by atoms with Gasteiger partial charge in [0.25, 0.3) is 5.91 Å². The highest BCUT2D eigenvalue weighted by molar-refractivity contribution is 9.10. The second-order valence-corrected chi connectivity index (χ2v) is 4.26. The lowest BCUT2D eigenvalue weighted by Gasteiger charge is -2.06. The molecule has 1 aromatic heterocycles. The summed E-state index contributed by atoms with van der Waals surface area (Å²) in [6, 6.07) is 3.98. The van der Waals surface area contributed by atoms with E-state index < -0.39 is 11.7 Å². The van der Waals surface area contributed by atoms with Crippen LogP contribution in [0.5, 0.6) is 0 Å². The molecule has 1 aromatic carbocycles. The minimum Gasteiger partial charge on any atom is -0.382 e. The van der Waals surface area contributed by atoms with Gasteiger partial charge in [-0.1, -0.05) is 0 Å². The number of hydrogen-bond donors (Lipinski definition) is 2. The zero-order chi connectivity index (χ0) is 13.1. The van der Waals surface area contributed by atoms with E-state index in [9.17, 15) is 9.18 Å². The number of anilines is 2. The van der Waals surface area contributed by atoms with Crippen LogP contribution in [-0.4, -0.2) is 15.9 Å². The quantitative estimate of drug-likeness (QED) is 0.891. The summed E-state index contributed by atoms with van der Waals surface area (Å²) in [6.07, 6.45) is 2.52. The number of rotatable bonds is 2. The van der Waals surface area contributed by atoms with E-state index in [1.165, 1.54) is 30.6 Å². The summed E-state index contributed by atoms with van der Waals surface area (Å²) >= 11 is 3.21. The monoisotopic (exact) mass is 310 g/mol. The molecule has 0 fully saturated rings. The van der Waals surface area contributed by atoms with Crippen molar-refractivity contribution in [2.24, 2.45) is 0 Å². The minimum atomic E-state index is -0.492. The third kappa shape index (κ3) is 2.80. The van der Waals surface area contributed by atoms with Crippen LogP contribution in [0.1, 0.15) is 10.5 Å². The molecule has 0 aliphatic heterocycles. The lowest BCUT2D eigenvalue weighted by atomic mass is 10.3. The largest absolute Gasteiger partial charge is 0.382 e. The molecule has 7 heteroatoms. The summed E-state index contributed by atoms with van der Waals surface area (Å²) in [6.45, 7) is 0. The van der Waals surface area contributed by atoms with Crippen LogP contribution in [0.4, 0.5) is 15.9 Å². The van der Waals surface area contributed by atoms with Gasteiger partial charge in [0.15, 0.2) is 0 Å². The Morgan fingerprint density at radius 2 is 2.11 bits per heavy atom. The maximum atomic E-state index is 13.0. The number of halogens is 2. The van der Waals surface area contributed by atoms with Crippen molar-refractivity contribution in [1.29, 1.82) is 0 Å². The van der Waals surface area contributed by atoms with Crippen molar-refractivity contribution in [3.63, 3.8) is 0 Å². The minimum absolute atomic E-state index is 0.0976. The second kappa shape index (κ2) is 5.09. The van der Waals surface area contributed by atoms with Crippen molar-refractivity contribution >= 4 is 33.3 Å². The van der Waals surface area contributed by atoms with Crippen molar-refractivity contribution in [3.8, 4) is 0 Å². The highest BCUT2D eigenvalue weighted by Crippen LogP contribution is 2.23. The molecule has 0 radical (unpaired) electrons. The Labute approximate surface area is 110 Å². The maximum absolute atomic E-state index is 13.0. The van der Waals surface area contributed by atoms with Gasteiger partial charge in [0.1, 0.15) is 17.3 Å². The predicted octanol–water partition coefficient (Wildman–Crippen LogP) is 2.21. The molecule has 2 rings (SSSR count). The lowest BCUT2D eigenvalue weighted by Crippen LogP contribution is -2.14. The lowest BCUT2D eigenvalue weighted by molar-refractivity contribution is 0.102. The number of nitrogens with two attached hydrogens (primary N) is 1. The van der Waals surface area contributed by atoms with Gasteiger partial charge in [0.2, 0.25) is 0 Å². The fraction of sp³-hybridized carbons (Fsp3) is 0. The third-order valence-electron chi connectivity index (χ3n) is 2.08. The summed E-state index contributed by atoms with van der Waals surface area (Å²) in [7, 11) is 0. The van der Waals surface area contributed by atoms with Crippen LogP contribution in [0.2, 0.25) is 0 Å². The average Bonchev–Trinajstić information content (AvgIpc) is 2.34. The first-order valence-electron chi connectivity index (χ1n) is 4.90. The summed E-state index contributed by atoms with van der Waals surface area (Å²) in [5, 5.41) is 2.52. The fourth-order valence-corrected chi connectivity index (χ4v) is 1.58. The van der Waals surface area contributed by atoms with Crippen LogP contribution in [-0.2, 0) is 0 Å². The molecular weight excluding hydrogens is 303 g/mol. The summed E-state index contributed by atoms with van der Waals surface area (Å²) < 4.78 is 13.6. The molecule has 0 aliphatic carbocycles. The first-order chi connectivity index (χ1) is 8.56. The molecule has 5 nitrogen and oxygen atoms in total. The smallest absolute Gasteiger partial charge is 0.275 e. The number of hydrogen-bond acceptors (Lipinski definition) is 4. The van der Waals surface area contributed by atoms with Crippen LogP contribution >= 0.6 is 15.9 Å². The summed E-state index contributed by atoms with van der Waals surface area (Å²) in [5.74, 6) is -0.718. The molecule has 0 atom stereocenters. The number of aromatic nitrogens is 2. The first-order valence-corrected chi connectivity index (χ1v) is 5.69. The molecule has 0 saturated heterocycles. The molecule has 0 bridgehead atoms. The van der Waals surface area contributed by atoms with Gasteiger partial charge >= 0.3 is 0 Å². The molecule has 2 aromatic rings. The predicted molar refractivity (Wildman–Crippen MR) is 68.5 cm³/mol. The standard InChI is InChI=1S/C11H8BrFN4O/c12-7-2-1-6(13)3-8(7)17-11(18)9-4-16-10(14)5-15-9/h1-5H,(H2,14,16)(H,17,18). The van der Waals surface area contributed by atoms with E-state index in [1.54, 1.807) is 0 Å². The van der Waals surface area contributed by atoms with E-state index in [0.717, 1.165) is 0 Å². The molecule has 0 unspecified atom stereocenters. The normalized spacial score (nSPS) is 10.1. The molecule has 0 spiro atoms. The van der Waals surface area contributed by atoms with Crippen molar-refractivity contribution in [2.45, 2.75) is 0 Å². The maximum Gasteiger partial charge on any atom is 0.275 e. The zero-order valence-electron chi connectivity index (χ0n) is 9.02. The molecule has 1 amide bonds. The molecule has 0 saturated carbocycles. The van der Waals surface area contributed by atoms with Crippen LogP contribution in [0.25, 0.3) is 0 Å². The first kappa shape index (κ1) is 12.4. The Bertz CT molecular complexity index is 588. The molecule has 3 N–H and O–H groups in total. The van der Waals surface area contributed by atoms with Crippen molar-refractivity contribution in [1.82, 2.24) is 9.97 Å². The van der Waals surface area contributed by atoms with E-state index in [1.807, 2.05) is 0 Å². The average molecular weight is 311 g/mol. The third-order valence-corrected chi connectivity index (χ3v) is 2.77. The summed E-state index contributed by atoms with van der Waals surface area (Å²) in [4.78, 5) is 19.4. The fourth-order valence-electron chi connectivity index (χ4n) is 1.23. The van der Waals surface area contributed by atoms with Crippen LogP contribution < -0.4 is 11.1 Å². The Morgan fingerprint density at radius 1 is 1.33 bits per heavy atom. The number of amides is 1. The van der Waals surface area contributed by atoms with E-state index in [-0.39, 0.29) is 11.5 Å². The van der Waals surface area contributed by atoms with E-state index in [4.69, 9.17) is 5.73 Å². The van der Waals surface area contributed by atoms with E-state index >= 15 is 0 Å². The van der Waals surface area contributed by atoms with Crippen LogP contribution in [0.3, 0.4) is 0 Å². The van der Waals surface area contributed by atoms with Gasteiger partial charge in [-0.15, -0.1) is 0 Å². The number of benzene rings is 1.